The average Bonchev–Trinajstić information content (AvgIpc) is 2.48. The molecule has 0 radical (unpaired) electrons. The van der Waals surface area contributed by atoms with Gasteiger partial charge < -0.3 is 20.1 Å². The Kier molecular flexibility index (Phi) is 8.69. The van der Waals surface area contributed by atoms with E-state index in [0.29, 0.717) is 23.4 Å². The molecule has 120 valence electrons. The van der Waals surface area contributed by atoms with Crippen molar-refractivity contribution in [2.24, 2.45) is 0 Å². The van der Waals surface area contributed by atoms with Crippen molar-refractivity contribution in [1.29, 1.82) is 0 Å². The van der Waals surface area contributed by atoms with Gasteiger partial charge in [-0.2, -0.15) is 0 Å². The number of aliphatic hydroxyl groups is 1. The highest BCUT2D eigenvalue weighted by Gasteiger charge is 2.08. The fourth-order valence-electron chi connectivity index (χ4n) is 1.86. The predicted octanol–water partition coefficient (Wildman–Crippen LogP) is 2.40. The summed E-state index contributed by atoms with van der Waals surface area (Å²) in [6.45, 7) is 7.01. The molecule has 4 nitrogen and oxygen atoms in total. The van der Waals surface area contributed by atoms with E-state index in [1.54, 1.807) is 12.1 Å². The average molecular weight is 315 g/mol. The van der Waals surface area contributed by atoms with E-state index in [1.807, 2.05) is 12.1 Å². The van der Waals surface area contributed by atoms with Gasteiger partial charge in [-0.1, -0.05) is 24.6 Å². The maximum atomic E-state index is 9.87. The summed E-state index contributed by atoms with van der Waals surface area (Å²) in [7, 11) is 2.12. The maximum absolute atomic E-state index is 9.87. The van der Waals surface area contributed by atoms with Gasteiger partial charge in [0, 0.05) is 30.7 Å². The van der Waals surface area contributed by atoms with Crippen LogP contribution in [0.3, 0.4) is 0 Å². The Bertz CT molecular complexity index is 404. The number of ether oxygens (including phenoxy) is 1. The molecule has 2 N–H and O–H groups in total. The third kappa shape index (κ3) is 7.67. The number of nitrogens with one attached hydrogen (secondary N) is 1. The largest absolute Gasteiger partial charge is 0.491 e. The van der Waals surface area contributed by atoms with E-state index in [0.717, 1.165) is 19.5 Å². The Balaban J connectivity index is 2.13. The molecule has 0 heterocycles. The Labute approximate surface area is 133 Å². The first-order valence-electron chi connectivity index (χ1n) is 7.50. The molecule has 0 saturated heterocycles. The Morgan fingerprint density at radius 2 is 2.19 bits per heavy atom. The lowest BCUT2D eigenvalue weighted by atomic mass is 10.2. The van der Waals surface area contributed by atoms with Gasteiger partial charge in [0.2, 0.25) is 0 Å². The second kappa shape index (κ2) is 10.0. The Morgan fingerprint density at radius 1 is 1.43 bits per heavy atom. The summed E-state index contributed by atoms with van der Waals surface area (Å²) in [6, 6.07) is 7.77. The van der Waals surface area contributed by atoms with Crippen molar-refractivity contribution in [3.8, 4) is 5.75 Å². The SMILES string of the molecule is CCC(C)N(C)CCNCC(O)COc1cccc(Cl)c1. The van der Waals surface area contributed by atoms with Gasteiger partial charge in [0.25, 0.3) is 0 Å². The molecule has 0 fully saturated rings. The zero-order valence-electron chi connectivity index (χ0n) is 13.2. The second-order valence-corrected chi connectivity index (χ2v) is 5.80. The van der Waals surface area contributed by atoms with Gasteiger partial charge in [0.05, 0.1) is 0 Å². The maximum Gasteiger partial charge on any atom is 0.120 e. The van der Waals surface area contributed by atoms with Gasteiger partial charge in [-0.25, -0.2) is 0 Å². The van der Waals surface area contributed by atoms with Crippen molar-refractivity contribution < 1.29 is 9.84 Å². The van der Waals surface area contributed by atoms with Crippen LogP contribution in [0.2, 0.25) is 5.02 Å². The molecule has 0 saturated carbocycles. The lowest BCUT2D eigenvalue weighted by Gasteiger charge is -2.23. The molecule has 2 atom stereocenters. The zero-order valence-corrected chi connectivity index (χ0v) is 13.9. The Hall–Kier alpha value is -0.810. The van der Waals surface area contributed by atoms with Crippen LogP contribution in [0.4, 0.5) is 0 Å². The van der Waals surface area contributed by atoms with E-state index in [9.17, 15) is 5.11 Å². The molecule has 0 amide bonds. The van der Waals surface area contributed by atoms with Crippen LogP contribution in [0.15, 0.2) is 24.3 Å². The van der Waals surface area contributed by atoms with Crippen LogP contribution in [0.1, 0.15) is 20.3 Å². The first-order chi connectivity index (χ1) is 10.0. The third-order valence-electron chi connectivity index (χ3n) is 3.60. The number of benzene rings is 1. The van der Waals surface area contributed by atoms with Gasteiger partial charge in [0.1, 0.15) is 18.5 Å². The molecule has 0 aliphatic rings. The highest BCUT2D eigenvalue weighted by molar-refractivity contribution is 6.30. The highest BCUT2D eigenvalue weighted by Crippen LogP contribution is 2.17. The number of nitrogens with zero attached hydrogens (tertiary/aromatic N) is 1. The molecule has 0 aliphatic carbocycles. The van der Waals surface area contributed by atoms with Crippen molar-refractivity contribution in [3.63, 3.8) is 0 Å². The highest BCUT2D eigenvalue weighted by atomic mass is 35.5. The van der Waals surface area contributed by atoms with E-state index in [-0.39, 0.29) is 6.61 Å². The first-order valence-corrected chi connectivity index (χ1v) is 7.88. The van der Waals surface area contributed by atoms with Crippen molar-refractivity contribution in [1.82, 2.24) is 10.2 Å². The second-order valence-electron chi connectivity index (χ2n) is 5.36. The van der Waals surface area contributed by atoms with E-state index in [2.05, 4.69) is 31.1 Å². The monoisotopic (exact) mass is 314 g/mol. The number of rotatable bonds is 10. The van der Waals surface area contributed by atoms with Crippen LogP contribution in [0.5, 0.6) is 5.75 Å². The fourth-order valence-corrected chi connectivity index (χ4v) is 2.04. The molecular weight excluding hydrogens is 288 g/mol. The molecule has 0 bridgehead atoms. The number of hydrogen-bond donors (Lipinski definition) is 2. The van der Waals surface area contributed by atoms with Gasteiger partial charge >= 0.3 is 0 Å². The zero-order chi connectivity index (χ0) is 15.7. The van der Waals surface area contributed by atoms with E-state index in [1.165, 1.54) is 0 Å². The van der Waals surface area contributed by atoms with Crippen LogP contribution in [-0.4, -0.2) is 55.4 Å². The molecule has 1 aromatic carbocycles. The molecule has 5 heteroatoms. The van der Waals surface area contributed by atoms with Crippen LogP contribution in [0.25, 0.3) is 0 Å². The topological polar surface area (TPSA) is 44.7 Å². The summed E-state index contributed by atoms with van der Waals surface area (Å²) < 4.78 is 5.50. The van der Waals surface area contributed by atoms with Crippen LogP contribution in [-0.2, 0) is 0 Å². The number of halogens is 1. The summed E-state index contributed by atoms with van der Waals surface area (Å²) >= 11 is 5.87. The van der Waals surface area contributed by atoms with Crippen molar-refractivity contribution in [2.75, 3.05) is 33.3 Å². The lowest BCUT2D eigenvalue weighted by Crippen LogP contribution is -2.38. The van der Waals surface area contributed by atoms with E-state index < -0.39 is 6.10 Å². The minimum absolute atomic E-state index is 0.258. The number of hydrogen-bond acceptors (Lipinski definition) is 4. The predicted molar refractivity (Wildman–Crippen MR) is 88.2 cm³/mol. The summed E-state index contributed by atoms with van der Waals surface area (Å²) in [5, 5.41) is 13.7. The summed E-state index contributed by atoms with van der Waals surface area (Å²) in [6.07, 6.45) is 0.616. The number of likely N-dealkylation sites (N-methyl/N-ethyl adjacent to an activating group) is 1. The normalized spacial score (nSPS) is 14.2. The van der Waals surface area contributed by atoms with Crippen molar-refractivity contribution in [3.05, 3.63) is 29.3 Å². The standard InChI is InChI=1S/C16H27ClN2O2/c1-4-13(2)19(3)9-8-18-11-15(20)12-21-16-7-5-6-14(17)10-16/h5-7,10,13,15,18,20H,4,8-9,11-12H2,1-3H3. The van der Waals surface area contributed by atoms with E-state index in [4.69, 9.17) is 16.3 Å². The summed E-state index contributed by atoms with van der Waals surface area (Å²) in [4.78, 5) is 2.31. The van der Waals surface area contributed by atoms with Crippen LogP contribution in [0, 0.1) is 0 Å². The minimum Gasteiger partial charge on any atom is -0.491 e. The van der Waals surface area contributed by atoms with Crippen molar-refractivity contribution >= 4 is 11.6 Å². The number of aliphatic hydroxyl groups excluding tert-OH is 1. The van der Waals surface area contributed by atoms with Gasteiger partial charge in [-0.05, 0) is 38.6 Å². The van der Waals surface area contributed by atoms with Crippen molar-refractivity contribution in [2.45, 2.75) is 32.4 Å². The molecule has 1 rings (SSSR count). The fraction of sp³-hybridized carbons (Fsp3) is 0.625. The van der Waals surface area contributed by atoms with Gasteiger partial charge in [-0.3, -0.25) is 0 Å². The van der Waals surface area contributed by atoms with Gasteiger partial charge in [-0.15, -0.1) is 0 Å². The lowest BCUT2D eigenvalue weighted by molar-refractivity contribution is 0.105. The molecule has 0 aromatic heterocycles. The summed E-state index contributed by atoms with van der Waals surface area (Å²) in [5.74, 6) is 0.679. The molecule has 21 heavy (non-hydrogen) atoms. The first kappa shape index (κ1) is 18.2. The molecular formula is C16H27ClN2O2. The van der Waals surface area contributed by atoms with Gasteiger partial charge in [0.15, 0.2) is 0 Å². The van der Waals surface area contributed by atoms with Crippen LogP contribution < -0.4 is 10.1 Å². The quantitative estimate of drug-likeness (QED) is 0.651. The van der Waals surface area contributed by atoms with E-state index >= 15 is 0 Å². The molecule has 0 aliphatic heterocycles. The molecule has 2 unspecified atom stereocenters. The summed E-state index contributed by atoms with van der Waals surface area (Å²) in [5.41, 5.74) is 0. The third-order valence-corrected chi connectivity index (χ3v) is 3.84. The smallest absolute Gasteiger partial charge is 0.120 e. The van der Waals surface area contributed by atoms with Crippen LogP contribution >= 0.6 is 11.6 Å². The molecule has 0 spiro atoms. The minimum atomic E-state index is -0.530. The Morgan fingerprint density at radius 3 is 2.86 bits per heavy atom. The molecule has 1 aromatic rings.